The number of hydrogen-bond donors (Lipinski definition) is 1. The summed E-state index contributed by atoms with van der Waals surface area (Å²) in [5, 5.41) is 8.91. The molecule has 0 amide bonds. The van der Waals surface area contributed by atoms with Gasteiger partial charge in [0.1, 0.15) is 5.75 Å². The number of rotatable bonds is 7. The van der Waals surface area contributed by atoms with E-state index in [2.05, 4.69) is 6.58 Å². The molecular formula is C14H19NO3. The lowest BCUT2D eigenvalue weighted by molar-refractivity contribution is -0.138. The Balaban J connectivity index is 2.89. The van der Waals surface area contributed by atoms with Gasteiger partial charge >= 0.3 is 5.97 Å². The largest absolute Gasteiger partial charge is 0.497 e. The van der Waals surface area contributed by atoms with Crippen molar-refractivity contribution in [3.63, 3.8) is 0 Å². The van der Waals surface area contributed by atoms with E-state index >= 15 is 0 Å². The summed E-state index contributed by atoms with van der Waals surface area (Å²) in [5.74, 6) is -0.0696. The molecule has 0 aliphatic carbocycles. The van der Waals surface area contributed by atoms with E-state index in [1.54, 1.807) is 13.2 Å². The summed E-state index contributed by atoms with van der Waals surface area (Å²) in [4.78, 5) is 12.7. The van der Waals surface area contributed by atoms with Crippen molar-refractivity contribution in [3.05, 3.63) is 42.5 Å². The molecule has 4 heteroatoms. The van der Waals surface area contributed by atoms with Gasteiger partial charge in [-0.05, 0) is 24.6 Å². The van der Waals surface area contributed by atoms with Crippen molar-refractivity contribution in [2.75, 3.05) is 20.2 Å². The molecule has 1 N–H and O–H groups in total. The van der Waals surface area contributed by atoms with Crippen molar-refractivity contribution >= 4 is 5.97 Å². The van der Waals surface area contributed by atoms with Gasteiger partial charge < -0.3 is 9.84 Å². The molecule has 0 bridgehead atoms. The molecule has 1 atom stereocenters. The number of carboxylic acids is 1. The van der Waals surface area contributed by atoms with Gasteiger partial charge in [0, 0.05) is 12.6 Å². The van der Waals surface area contributed by atoms with E-state index in [4.69, 9.17) is 9.84 Å². The van der Waals surface area contributed by atoms with Gasteiger partial charge in [0.2, 0.25) is 0 Å². The minimum absolute atomic E-state index is 0.00537. The van der Waals surface area contributed by atoms with Crippen LogP contribution in [0.2, 0.25) is 0 Å². The number of benzene rings is 1. The number of carboxylic acid groups (broad SMARTS) is 1. The van der Waals surface area contributed by atoms with Crippen molar-refractivity contribution in [1.82, 2.24) is 4.90 Å². The molecular weight excluding hydrogens is 230 g/mol. The number of carbonyl (C=O) groups is 1. The molecule has 1 aromatic rings. The van der Waals surface area contributed by atoms with Crippen LogP contribution in [0.1, 0.15) is 18.5 Å². The molecule has 0 saturated carbocycles. The lowest BCUT2D eigenvalue weighted by atomic mass is 10.1. The Morgan fingerprint density at radius 3 is 2.89 bits per heavy atom. The van der Waals surface area contributed by atoms with Crippen LogP contribution in [0.3, 0.4) is 0 Å². The topological polar surface area (TPSA) is 49.8 Å². The molecule has 18 heavy (non-hydrogen) atoms. The van der Waals surface area contributed by atoms with E-state index in [0.29, 0.717) is 6.54 Å². The summed E-state index contributed by atoms with van der Waals surface area (Å²) in [5.41, 5.74) is 1.03. The predicted octanol–water partition coefficient (Wildman–Crippen LogP) is 2.33. The van der Waals surface area contributed by atoms with Crippen LogP contribution in [0.15, 0.2) is 36.9 Å². The second-order valence-corrected chi connectivity index (χ2v) is 4.06. The summed E-state index contributed by atoms with van der Waals surface area (Å²) in [7, 11) is 1.61. The zero-order valence-corrected chi connectivity index (χ0v) is 10.8. The van der Waals surface area contributed by atoms with Crippen LogP contribution >= 0.6 is 0 Å². The average molecular weight is 249 g/mol. The molecule has 0 aliphatic heterocycles. The fourth-order valence-corrected chi connectivity index (χ4v) is 1.81. The number of methoxy groups -OCH3 is 1. The molecule has 1 rings (SSSR count). The highest BCUT2D eigenvalue weighted by atomic mass is 16.5. The first kappa shape index (κ1) is 14.3. The Bertz CT molecular complexity index is 417. The van der Waals surface area contributed by atoms with Crippen LogP contribution in [0, 0.1) is 0 Å². The zero-order valence-electron chi connectivity index (χ0n) is 10.8. The molecule has 0 fully saturated rings. The Kier molecular flexibility index (Phi) is 5.39. The third kappa shape index (κ3) is 3.89. The second kappa shape index (κ2) is 6.81. The smallest absolute Gasteiger partial charge is 0.317 e. The first-order chi connectivity index (χ1) is 8.58. The summed E-state index contributed by atoms with van der Waals surface area (Å²) in [6.45, 7) is 6.15. The highest BCUT2D eigenvalue weighted by Gasteiger charge is 2.17. The fourth-order valence-electron chi connectivity index (χ4n) is 1.81. The summed E-state index contributed by atoms with van der Waals surface area (Å²) >= 11 is 0. The molecule has 0 radical (unpaired) electrons. The quantitative estimate of drug-likeness (QED) is 0.753. The molecule has 0 aromatic heterocycles. The van der Waals surface area contributed by atoms with Crippen molar-refractivity contribution < 1.29 is 14.6 Å². The summed E-state index contributed by atoms with van der Waals surface area (Å²) in [6, 6.07) is 7.64. The predicted molar refractivity (Wildman–Crippen MR) is 70.8 cm³/mol. The molecule has 0 heterocycles. The van der Waals surface area contributed by atoms with Crippen molar-refractivity contribution in [2.45, 2.75) is 13.0 Å². The van der Waals surface area contributed by atoms with E-state index in [9.17, 15) is 4.79 Å². The molecule has 0 saturated heterocycles. The lowest BCUT2D eigenvalue weighted by Crippen LogP contribution is -2.32. The second-order valence-electron chi connectivity index (χ2n) is 4.06. The SMILES string of the molecule is C=CCN(CC(=O)O)C(C)c1cccc(OC)c1. The van der Waals surface area contributed by atoms with E-state index in [1.807, 2.05) is 36.1 Å². The summed E-state index contributed by atoms with van der Waals surface area (Å²) < 4.78 is 5.17. The van der Waals surface area contributed by atoms with Crippen LogP contribution in [0.4, 0.5) is 0 Å². The van der Waals surface area contributed by atoms with Crippen LogP contribution in [0.5, 0.6) is 5.75 Å². The minimum Gasteiger partial charge on any atom is -0.497 e. The molecule has 1 aromatic carbocycles. The first-order valence-electron chi connectivity index (χ1n) is 5.79. The van der Waals surface area contributed by atoms with Crippen LogP contribution in [-0.4, -0.2) is 36.2 Å². The van der Waals surface area contributed by atoms with Gasteiger partial charge in [-0.1, -0.05) is 18.2 Å². The maximum atomic E-state index is 10.8. The maximum absolute atomic E-state index is 10.8. The van der Waals surface area contributed by atoms with Crippen LogP contribution in [0.25, 0.3) is 0 Å². The maximum Gasteiger partial charge on any atom is 0.317 e. The number of nitrogens with zero attached hydrogens (tertiary/aromatic N) is 1. The van der Waals surface area contributed by atoms with Crippen LogP contribution < -0.4 is 4.74 Å². The van der Waals surface area contributed by atoms with E-state index in [1.165, 1.54) is 0 Å². The Morgan fingerprint density at radius 2 is 2.33 bits per heavy atom. The third-order valence-corrected chi connectivity index (χ3v) is 2.83. The normalized spacial score (nSPS) is 12.2. The number of ether oxygens (including phenoxy) is 1. The molecule has 4 nitrogen and oxygen atoms in total. The third-order valence-electron chi connectivity index (χ3n) is 2.83. The van der Waals surface area contributed by atoms with Gasteiger partial charge in [-0.25, -0.2) is 0 Å². The standard InChI is InChI=1S/C14H19NO3/c1-4-8-15(10-14(16)17)11(2)12-6-5-7-13(9-12)18-3/h4-7,9,11H,1,8,10H2,2-3H3,(H,16,17). The monoisotopic (exact) mass is 249 g/mol. The van der Waals surface area contributed by atoms with E-state index in [-0.39, 0.29) is 12.6 Å². The Labute approximate surface area is 107 Å². The zero-order chi connectivity index (χ0) is 13.5. The van der Waals surface area contributed by atoms with Gasteiger partial charge in [0.15, 0.2) is 0 Å². The molecule has 98 valence electrons. The van der Waals surface area contributed by atoms with Gasteiger partial charge in [-0.3, -0.25) is 9.69 Å². The van der Waals surface area contributed by atoms with Gasteiger partial charge in [0.05, 0.1) is 13.7 Å². The molecule has 0 spiro atoms. The average Bonchev–Trinajstić information content (AvgIpc) is 2.37. The van der Waals surface area contributed by atoms with Gasteiger partial charge in [0.25, 0.3) is 0 Å². The highest BCUT2D eigenvalue weighted by Crippen LogP contribution is 2.23. The van der Waals surface area contributed by atoms with Gasteiger partial charge in [-0.15, -0.1) is 6.58 Å². The van der Waals surface area contributed by atoms with E-state index in [0.717, 1.165) is 11.3 Å². The summed E-state index contributed by atoms with van der Waals surface area (Å²) in [6.07, 6.45) is 1.71. The van der Waals surface area contributed by atoms with E-state index < -0.39 is 5.97 Å². The highest BCUT2D eigenvalue weighted by molar-refractivity contribution is 5.69. The molecule has 0 aliphatic rings. The first-order valence-corrected chi connectivity index (χ1v) is 5.79. The number of aliphatic carboxylic acids is 1. The van der Waals surface area contributed by atoms with Crippen LogP contribution in [-0.2, 0) is 4.79 Å². The number of hydrogen-bond acceptors (Lipinski definition) is 3. The minimum atomic E-state index is -0.841. The van der Waals surface area contributed by atoms with Crippen molar-refractivity contribution in [3.8, 4) is 5.75 Å². The fraction of sp³-hybridized carbons (Fsp3) is 0.357. The Hall–Kier alpha value is -1.81. The lowest BCUT2D eigenvalue weighted by Gasteiger charge is -2.26. The molecule has 1 unspecified atom stereocenters. The Morgan fingerprint density at radius 1 is 1.61 bits per heavy atom. The van der Waals surface area contributed by atoms with Gasteiger partial charge in [-0.2, -0.15) is 0 Å². The van der Waals surface area contributed by atoms with Crippen molar-refractivity contribution in [1.29, 1.82) is 0 Å². The van der Waals surface area contributed by atoms with Crippen molar-refractivity contribution in [2.24, 2.45) is 0 Å².